The summed E-state index contributed by atoms with van der Waals surface area (Å²) in [5.41, 5.74) is -0.712. The molecule has 0 spiro atoms. The minimum atomic E-state index is -5.10. The molecule has 1 atom stereocenters. The highest BCUT2D eigenvalue weighted by Gasteiger charge is 2.34. The normalized spacial score (nSPS) is 16.6. The van der Waals surface area contributed by atoms with Crippen LogP contribution in [-0.4, -0.2) is 65.3 Å². The van der Waals surface area contributed by atoms with Crippen LogP contribution >= 0.6 is 23.2 Å². The second kappa shape index (κ2) is 12.0. The third-order valence-electron chi connectivity index (χ3n) is 6.64. The Labute approximate surface area is 242 Å². The van der Waals surface area contributed by atoms with Gasteiger partial charge in [0, 0.05) is 29.7 Å². The summed E-state index contributed by atoms with van der Waals surface area (Å²) in [6.45, 7) is 1.76. The summed E-state index contributed by atoms with van der Waals surface area (Å²) < 4.78 is 70.7. The second-order valence-corrected chi connectivity index (χ2v) is 12.5. The maximum atomic E-state index is 13.4. The zero-order valence-corrected chi connectivity index (χ0v) is 23.9. The predicted molar refractivity (Wildman–Crippen MR) is 145 cm³/mol. The lowest BCUT2D eigenvalue weighted by Gasteiger charge is -2.33. The van der Waals surface area contributed by atoms with Crippen LogP contribution in [0.15, 0.2) is 40.3 Å². The molecule has 0 aliphatic carbocycles. The van der Waals surface area contributed by atoms with Crippen LogP contribution < -0.4 is 15.6 Å². The lowest BCUT2D eigenvalue weighted by atomic mass is 10.0. The molecule has 1 amide bonds. The summed E-state index contributed by atoms with van der Waals surface area (Å²) in [4.78, 5) is 30.4. The number of nitrogens with one attached hydrogen (secondary N) is 1. The predicted octanol–water partition coefficient (Wildman–Crippen LogP) is 4.68. The number of nitrogens with zero attached hydrogens (tertiary/aromatic N) is 3. The third kappa shape index (κ3) is 7.23. The van der Waals surface area contributed by atoms with E-state index in [1.54, 1.807) is 4.90 Å². The number of benzene rings is 2. The van der Waals surface area contributed by atoms with Crippen LogP contribution in [0.3, 0.4) is 0 Å². The topological polar surface area (TPSA) is 131 Å². The average molecular weight is 637 g/mol. The van der Waals surface area contributed by atoms with Gasteiger partial charge in [0.25, 0.3) is 5.56 Å². The molecule has 1 aliphatic rings. The van der Waals surface area contributed by atoms with Gasteiger partial charge in [-0.25, -0.2) is 18.2 Å². The number of alkyl halides is 3. The number of amides is 1. The lowest BCUT2D eigenvalue weighted by molar-refractivity contribution is -0.274. The molecule has 0 bridgehead atoms. The highest BCUT2D eigenvalue weighted by atomic mass is 35.5. The Bertz CT molecular complexity index is 1650. The molecule has 10 nitrogen and oxygen atoms in total. The van der Waals surface area contributed by atoms with Crippen LogP contribution in [0.5, 0.6) is 5.75 Å². The molecule has 41 heavy (non-hydrogen) atoms. The number of piperidine rings is 1. The van der Waals surface area contributed by atoms with Gasteiger partial charge in [-0.2, -0.15) is 0 Å². The van der Waals surface area contributed by atoms with Gasteiger partial charge in [0.2, 0.25) is 0 Å². The third-order valence-corrected chi connectivity index (χ3v) is 9.11. The number of carboxylic acid groups (broad SMARTS) is 1. The van der Waals surface area contributed by atoms with Crippen molar-refractivity contribution in [3.63, 3.8) is 0 Å². The largest absolute Gasteiger partial charge is 0.573 e. The number of carbonyl (C=O) groups is 1. The number of likely N-dealkylation sites (tertiary alicyclic amines) is 1. The molecule has 4 rings (SSSR count). The summed E-state index contributed by atoms with van der Waals surface area (Å²) in [7, 11) is -3.69. The molecule has 2 N–H and O–H groups in total. The van der Waals surface area contributed by atoms with E-state index in [-0.39, 0.29) is 62.4 Å². The highest BCUT2D eigenvalue weighted by molar-refractivity contribution is 7.91. The molecule has 0 unspecified atom stereocenters. The van der Waals surface area contributed by atoms with E-state index in [0.717, 1.165) is 17.0 Å². The van der Waals surface area contributed by atoms with Crippen molar-refractivity contribution in [2.45, 2.75) is 50.2 Å². The van der Waals surface area contributed by atoms with Crippen molar-refractivity contribution in [3.05, 3.63) is 62.1 Å². The number of hydrogen-bond acceptors (Lipinski definition) is 7. The first-order valence-corrected chi connectivity index (χ1v) is 14.8. The van der Waals surface area contributed by atoms with Crippen LogP contribution in [0.2, 0.25) is 10.0 Å². The van der Waals surface area contributed by atoms with Crippen molar-refractivity contribution in [3.8, 4) is 5.75 Å². The number of rotatable bonds is 8. The van der Waals surface area contributed by atoms with Gasteiger partial charge in [-0.05, 0) is 49.2 Å². The Hall–Kier alpha value is -3.07. The fraction of sp³-hybridized carbons (Fsp3) is 0.400. The molecule has 222 valence electrons. The molecule has 0 radical (unpaired) electrons. The van der Waals surface area contributed by atoms with E-state index in [0.29, 0.717) is 19.4 Å². The molecule has 1 fully saturated rings. The van der Waals surface area contributed by atoms with Crippen LogP contribution in [0, 0.1) is 0 Å². The summed E-state index contributed by atoms with van der Waals surface area (Å²) >= 11 is 12.6. The Morgan fingerprint density at radius 3 is 2.63 bits per heavy atom. The number of aromatic nitrogens is 2. The summed E-state index contributed by atoms with van der Waals surface area (Å²) in [6.07, 6.45) is -4.03. The van der Waals surface area contributed by atoms with Gasteiger partial charge in [-0.1, -0.05) is 30.1 Å². The molecule has 2 aromatic carbocycles. The fourth-order valence-corrected chi connectivity index (χ4v) is 6.39. The van der Waals surface area contributed by atoms with Gasteiger partial charge in [-0.3, -0.25) is 14.3 Å². The first kappa shape index (κ1) is 30.9. The summed E-state index contributed by atoms with van der Waals surface area (Å²) in [6, 6.07) is 4.60. The Balaban J connectivity index is 1.78. The number of ether oxygens (including phenoxy) is 1. The molecular weight excluding hydrogens is 612 g/mol. The van der Waals surface area contributed by atoms with Crippen LogP contribution in [0.25, 0.3) is 10.9 Å². The Morgan fingerprint density at radius 1 is 1.24 bits per heavy atom. The highest BCUT2D eigenvalue weighted by Crippen LogP contribution is 2.37. The zero-order chi connectivity index (χ0) is 30.1. The maximum Gasteiger partial charge on any atom is 0.573 e. The van der Waals surface area contributed by atoms with E-state index in [2.05, 4.69) is 15.0 Å². The van der Waals surface area contributed by atoms with Gasteiger partial charge < -0.3 is 15.2 Å². The van der Waals surface area contributed by atoms with Gasteiger partial charge in [-0.15, -0.1) is 13.2 Å². The van der Waals surface area contributed by atoms with E-state index in [9.17, 15) is 31.2 Å². The van der Waals surface area contributed by atoms with Crippen molar-refractivity contribution in [2.75, 3.05) is 18.8 Å². The van der Waals surface area contributed by atoms with E-state index in [1.807, 2.05) is 0 Å². The first-order valence-electron chi connectivity index (χ1n) is 12.4. The SMILES string of the molecule is CCS(=O)(=O)c1ccc(Cl)cc1Cn1cnc2c(Cl)c(CN3CCC[C@H](NC(=O)O)C3)c(OC(F)(F)F)cc2c1=O. The van der Waals surface area contributed by atoms with Crippen molar-refractivity contribution >= 4 is 50.0 Å². The fourth-order valence-electron chi connectivity index (χ4n) is 4.78. The molecule has 0 saturated carbocycles. The second-order valence-electron chi connectivity index (χ2n) is 9.47. The lowest BCUT2D eigenvalue weighted by Crippen LogP contribution is -2.47. The van der Waals surface area contributed by atoms with Crippen molar-refractivity contribution in [1.82, 2.24) is 19.8 Å². The Morgan fingerprint density at radius 2 is 1.98 bits per heavy atom. The molecule has 2 heterocycles. The minimum absolute atomic E-state index is 0.0388. The molecule has 3 aromatic rings. The van der Waals surface area contributed by atoms with Gasteiger partial charge in [0.1, 0.15) is 5.75 Å². The minimum Gasteiger partial charge on any atom is -0.465 e. The number of hydrogen-bond donors (Lipinski definition) is 2. The van der Waals surface area contributed by atoms with E-state index < -0.39 is 39.6 Å². The molecule has 1 aliphatic heterocycles. The quantitative estimate of drug-likeness (QED) is 0.365. The molecule has 16 heteroatoms. The summed E-state index contributed by atoms with van der Waals surface area (Å²) in [5.74, 6) is -0.898. The van der Waals surface area contributed by atoms with Crippen LogP contribution in [-0.2, 0) is 22.9 Å². The van der Waals surface area contributed by atoms with Gasteiger partial charge in [0.05, 0.1) is 39.4 Å². The van der Waals surface area contributed by atoms with Gasteiger partial charge >= 0.3 is 12.5 Å². The maximum absolute atomic E-state index is 13.4. The van der Waals surface area contributed by atoms with Crippen molar-refractivity contribution in [2.24, 2.45) is 0 Å². The smallest absolute Gasteiger partial charge is 0.465 e. The van der Waals surface area contributed by atoms with E-state index >= 15 is 0 Å². The summed E-state index contributed by atoms with van der Waals surface area (Å²) in [5, 5.41) is 11.1. The van der Waals surface area contributed by atoms with E-state index in [1.165, 1.54) is 25.1 Å². The van der Waals surface area contributed by atoms with Crippen molar-refractivity contribution < 1.29 is 36.2 Å². The number of fused-ring (bicyclic) bond motifs is 1. The zero-order valence-electron chi connectivity index (χ0n) is 21.5. The van der Waals surface area contributed by atoms with Crippen LogP contribution in [0.1, 0.15) is 30.9 Å². The van der Waals surface area contributed by atoms with E-state index in [4.69, 9.17) is 28.3 Å². The molecule has 1 saturated heterocycles. The molecular formula is C25H25Cl2F3N4O6S. The monoisotopic (exact) mass is 636 g/mol. The van der Waals surface area contributed by atoms with Crippen molar-refractivity contribution in [1.29, 1.82) is 0 Å². The first-order chi connectivity index (χ1) is 19.2. The number of sulfone groups is 1. The number of halogens is 5. The van der Waals surface area contributed by atoms with Crippen LogP contribution in [0.4, 0.5) is 18.0 Å². The standard InChI is InChI=1S/C25H25Cl2F3N4O6S/c1-2-41(38,39)20-6-5-15(26)8-14(20)10-34-13-31-22-17(23(34)35)9-19(40-25(28,29)30)18(21(22)27)12-33-7-3-4-16(11-33)32-24(36)37/h5-6,8-9,13,16,32H,2-4,7,10-12H2,1H3,(H,36,37)/t16-/m0/s1. The Kier molecular flexibility index (Phi) is 9.07. The average Bonchev–Trinajstić information content (AvgIpc) is 2.87. The molecule has 1 aromatic heterocycles. The van der Waals surface area contributed by atoms with Gasteiger partial charge in [0.15, 0.2) is 9.84 Å².